The minimum atomic E-state index is 0. The molecule has 2 nitrogen and oxygen atoms in total. The Morgan fingerprint density at radius 2 is 2.50 bits per heavy atom. The zero-order valence-corrected chi connectivity index (χ0v) is 4.59. The Balaban J connectivity index is 0.000000490. The van der Waals surface area contributed by atoms with Gasteiger partial charge in [-0.05, 0) is 6.92 Å². The molecule has 0 atom stereocenters. The summed E-state index contributed by atoms with van der Waals surface area (Å²) in [5, 5.41) is 0. The van der Waals surface area contributed by atoms with Crippen molar-refractivity contribution in [3.63, 3.8) is 0 Å². The molecule has 0 spiro atoms. The molecule has 0 aromatic rings. The molecule has 42 valence electrons. The molecule has 0 bridgehead atoms. The Morgan fingerprint density at radius 3 is 2.75 bits per heavy atom. The quantitative estimate of drug-likeness (QED) is 0.436. The molecule has 0 fully saturated rings. The van der Waals surface area contributed by atoms with Crippen molar-refractivity contribution in [2.24, 2.45) is 4.99 Å². The van der Waals surface area contributed by atoms with Gasteiger partial charge in [0.15, 0.2) is 0 Å². The van der Waals surface area contributed by atoms with Gasteiger partial charge < -0.3 is 4.90 Å². The average Bonchev–Trinajstić information content (AvgIpc) is 2.14. The monoisotopic (exact) mass is 122 g/mol. The van der Waals surface area contributed by atoms with Crippen molar-refractivity contribution in [2.75, 3.05) is 19.6 Å². The van der Waals surface area contributed by atoms with Crippen LogP contribution in [0.4, 0.5) is 0 Å². The molecule has 0 amide bonds. The van der Waals surface area contributed by atoms with Gasteiger partial charge in [-0.15, -0.1) is 0 Å². The van der Waals surface area contributed by atoms with E-state index in [9.17, 15) is 0 Å². The summed E-state index contributed by atoms with van der Waals surface area (Å²) in [6, 6.07) is 0. The molecule has 1 aliphatic rings. The first-order valence-electron chi connectivity index (χ1n) is 2.67. The molecule has 0 unspecified atom stereocenters. The van der Waals surface area contributed by atoms with Gasteiger partial charge in [-0.3, -0.25) is 4.99 Å². The molecular formula is C5H11N2Na. The number of rotatable bonds is 1. The summed E-state index contributed by atoms with van der Waals surface area (Å²) in [5.41, 5.74) is 0. The van der Waals surface area contributed by atoms with Gasteiger partial charge in [-0.1, -0.05) is 0 Å². The van der Waals surface area contributed by atoms with Crippen LogP contribution in [0.25, 0.3) is 0 Å². The maximum absolute atomic E-state index is 4.04. The summed E-state index contributed by atoms with van der Waals surface area (Å²) in [6.45, 7) is 5.35. The van der Waals surface area contributed by atoms with Crippen LogP contribution in [0.5, 0.6) is 0 Å². The molecular weight excluding hydrogens is 111 g/mol. The number of hydrogen-bond donors (Lipinski definition) is 0. The molecule has 0 radical (unpaired) electrons. The van der Waals surface area contributed by atoms with E-state index in [1.165, 1.54) is 0 Å². The van der Waals surface area contributed by atoms with Crippen molar-refractivity contribution in [2.45, 2.75) is 6.92 Å². The molecule has 0 aromatic heterocycles. The summed E-state index contributed by atoms with van der Waals surface area (Å²) in [4.78, 5) is 6.23. The number of nitrogens with zero attached hydrogens (tertiary/aromatic N) is 2. The van der Waals surface area contributed by atoms with E-state index >= 15 is 0 Å². The van der Waals surface area contributed by atoms with Gasteiger partial charge in [0, 0.05) is 13.1 Å². The summed E-state index contributed by atoms with van der Waals surface area (Å²) in [6.07, 6.45) is 1.92. The SMILES string of the molecule is CCN1C=NCC1.[NaH]. The van der Waals surface area contributed by atoms with Crippen LogP contribution in [0.3, 0.4) is 0 Å². The van der Waals surface area contributed by atoms with Crippen LogP contribution in [-0.2, 0) is 0 Å². The van der Waals surface area contributed by atoms with Crippen molar-refractivity contribution in [3.05, 3.63) is 0 Å². The van der Waals surface area contributed by atoms with Gasteiger partial charge in [0.2, 0.25) is 0 Å². The van der Waals surface area contributed by atoms with Crippen LogP contribution in [0.1, 0.15) is 6.92 Å². The summed E-state index contributed by atoms with van der Waals surface area (Å²) < 4.78 is 0. The second-order valence-electron chi connectivity index (χ2n) is 1.65. The Labute approximate surface area is 72.3 Å². The van der Waals surface area contributed by atoms with Crippen LogP contribution < -0.4 is 0 Å². The maximum atomic E-state index is 4.04. The third-order valence-electron chi connectivity index (χ3n) is 1.17. The molecule has 3 heteroatoms. The van der Waals surface area contributed by atoms with Crippen molar-refractivity contribution in [1.82, 2.24) is 4.90 Å². The van der Waals surface area contributed by atoms with Crippen LogP contribution in [0.15, 0.2) is 4.99 Å². The first-order valence-corrected chi connectivity index (χ1v) is 2.67. The fraction of sp³-hybridized carbons (Fsp3) is 0.800. The normalized spacial score (nSPS) is 16.4. The standard InChI is InChI=1S/C5H10N2.Na.H/c1-2-7-4-3-6-5-7;;/h5H,2-4H2,1H3;;. The number of aliphatic imine (C=N–C) groups is 1. The van der Waals surface area contributed by atoms with Gasteiger partial charge in [0.25, 0.3) is 0 Å². The van der Waals surface area contributed by atoms with Gasteiger partial charge >= 0.3 is 29.6 Å². The van der Waals surface area contributed by atoms with Crippen LogP contribution in [0, 0.1) is 0 Å². The molecule has 0 aromatic carbocycles. The first kappa shape index (κ1) is 8.47. The van der Waals surface area contributed by atoms with E-state index in [1.807, 2.05) is 6.34 Å². The molecule has 0 saturated carbocycles. The first-order chi connectivity index (χ1) is 3.43. The van der Waals surface area contributed by atoms with Gasteiger partial charge in [0.1, 0.15) is 0 Å². The molecule has 1 rings (SSSR count). The van der Waals surface area contributed by atoms with Crippen molar-refractivity contribution < 1.29 is 0 Å². The summed E-state index contributed by atoms with van der Waals surface area (Å²) >= 11 is 0. The van der Waals surface area contributed by atoms with E-state index in [2.05, 4.69) is 16.8 Å². The molecule has 0 saturated heterocycles. The minimum absolute atomic E-state index is 0. The van der Waals surface area contributed by atoms with Gasteiger partial charge in [-0.25, -0.2) is 0 Å². The van der Waals surface area contributed by atoms with Crippen LogP contribution in [0.2, 0.25) is 0 Å². The van der Waals surface area contributed by atoms with E-state index in [1.54, 1.807) is 0 Å². The van der Waals surface area contributed by atoms with E-state index in [-0.39, 0.29) is 29.6 Å². The fourth-order valence-corrected chi connectivity index (χ4v) is 0.657. The van der Waals surface area contributed by atoms with E-state index < -0.39 is 0 Å². The predicted octanol–water partition coefficient (Wildman–Crippen LogP) is -0.298. The van der Waals surface area contributed by atoms with E-state index in [4.69, 9.17) is 0 Å². The Kier molecular flexibility index (Phi) is 4.61. The summed E-state index contributed by atoms with van der Waals surface area (Å²) in [5.74, 6) is 0. The third-order valence-corrected chi connectivity index (χ3v) is 1.17. The zero-order valence-electron chi connectivity index (χ0n) is 4.59. The molecule has 0 N–H and O–H groups in total. The fourth-order valence-electron chi connectivity index (χ4n) is 0.657. The second-order valence-corrected chi connectivity index (χ2v) is 1.65. The second kappa shape index (κ2) is 4.36. The molecule has 1 aliphatic heterocycles. The van der Waals surface area contributed by atoms with E-state index in [0.717, 1.165) is 19.6 Å². The molecule has 8 heavy (non-hydrogen) atoms. The summed E-state index contributed by atoms with van der Waals surface area (Å²) in [7, 11) is 0. The molecule has 1 heterocycles. The topological polar surface area (TPSA) is 15.6 Å². The van der Waals surface area contributed by atoms with Gasteiger partial charge in [0.05, 0.1) is 12.9 Å². The average molecular weight is 122 g/mol. The predicted molar refractivity (Wildman–Crippen MR) is 37.8 cm³/mol. The van der Waals surface area contributed by atoms with Crippen molar-refractivity contribution in [3.8, 4) is 0 Å². The Bertz CT molecular complexity index is 82.5. The van der Waals surface area contributed by atoms with Gasteiger partial charge in [-0.2, -0.15) is 0 Å². The Morgan fingerprint density at radius 1 is 1.75 bits per heavy atom. The Hall–Kier alpha value is 0.470. The van der Waals surface area contributed by atoms with Crippen molar-refractivity contribution >= 4 is 35.9 Å². The van der Waals surface area contributed by atoms with Crippen LogP contribution in [-0.4, -0.2) is 60.4 Å². The van der Waals surface area contributed by atoms with Crippen molar-refractivity contribution in [1.29, 1.82) is 0 Å². The number of hydrogen-bond acceptors (Lipinski definition) is 2. The van der Waals surface area contributed by atoms with Crippen LogP contribution >= 0.6 is 0 Å². The zero-order chi connectivity index (χ0) is 5.11. The number of likely N-dealkylation sites (N-methyl/N-ethyl adjacent to an activating group) is 1. The third kappa shape index (κ3) is 2.16. The van der Waals surface area contributed by atoms with E-state index in [0.29, 0.717) is 0 Å². The molecule has 0 aliphatic carbocycles.